The van der Waals surface area contributed by atoms with Crippen LogP contribution in [0.4, 0.5) is 0 Å². The lowest BCUT2D eigenvalue weighted by atomic mass is 9.84. The third-order valence-electron chi connectivity index (χ3n) is 3.49. The molecule has 3 N–H and O–H groups in total. The Morgan fingerprint density at radius 3 is 2.67 bits per heavy atom. The quantitative estimate of drug-likeness (QED) is 0.638. The highest BCUT2D eigenvalue weighted by Crippen LogP contribution is 2.26. The number of carbonyl (C=O) groups excluding carboxylic acids is 1. The van der Waals surface area contributed by atoms with Gasteiger partial charge in [-0.2, -0.15) is 0 Å². The monoisotopic (exact) mass is 256 g/mol. The van der Waals surface area contributed by atoms with E-state index in [0.717, 1.165) is 25.8 Å². The van der Waals surface area contributed by atoms with E-state index in [4.69, 9.17) is 5.11 Å². The lowest BCUT2D eigenvalue weighted by Gasteiger charge is -2.24. The molecular weight excluding hydrogens is 232 g/mol. The first-order valence-electron chi connectivity index (χ1n) is 6.64. The van der Waals surface area contributed by atoms with Gasteiger partial charge in [0.2, 0.25) is 5.91 Å². The molecule has 1 unspecified atom stereocenters. The molecule has 0 aromatic carbocycles. The molecule has 1 aliphatic rings. The number of nitrogens with one attached hydrogen (secondary N) is 2. The van der Waals surface area contributed by atoms with E-state index in [1.165, 1.54) is 0 Å². The number of aliphatic carboxylic acids is 1. The maximum Gasteiger partial charge on any atom is 0.303 e. The van der Waals surface area contributed by atoms with Crippen LogP contribution in [0.1, 0.15) is 46.0 Å². The summed E-state index contributed by atoms with van der Waals surface area (Å²) < 4.78 is 0. The van der Waals surface area contributed by atoms with Crippen LogP contribution < -0.4 is 10.6 Å². The van der Waals surface area contributed by atoms with E-state index in [1.54, 1.807) is 0 Å². The summed E-state index contributed by atoms with van der Waals surface area (Å²) >= 11 is 0. The Morgan fingerprint density at radius 1 is 1.39 bits per heavy atom. The summed E-state index contributed by atoms with van der Waals surface area (Å²) in [5, 5.41) is 14.7. The van der Waals surface area contributed by atoms with Crippen molar-refractivity contribution < 1.29 is 14.7 Å². The molecule has 18 heavy (non-hydrogen) atoms. The predicted molar refractivity (Wildman–Crippen MR) is 69.3 cm³/mol. The number of carboxylic acids is 1. The Hall–Kier alpha value is -1.10. The highest BCUT2D eigenvalue weighted by Gasteiger charge is 2.23. The number of rotatable bonds is 7. The maximum absolute atomic E-state index is 11.7. The summed E-state index contributed by atoms with van der Waals surface area (Å²) in [5.74, 6) is -0.691. The fourth-order valence-electron chi connectivity index (χ4n) is 2.13. The van der Waals surface area contributed by atoms with E-state index in [0.29, 0.717) is 13.0 Å². The molecule has 1 saturated heterocycles. The second kappa shape index (κ2) is 6.73. The lowest BCUT2D eigenvalue weighted by Crippen LogP contribution is -2.41. The molecule has 0 bridgehead atoms. The van der Waals surface area contributed by atoms with Crippen molar-refractivity contribution in [2.45, 2.75) is 52.0 Å². The van der Waals surface area contributed by atoms with Gasteiger partial charge in [-0.05, 0) is 37.6 Å². The second-order valence-electron chi connectivity index (χ2n) is 5.75. The summed E-state index contributed by atoms with van der Waals surface area (Å²) in [6.07, 6.45) is 3.60. The Balaban J connectivity index is 2.19. The van der Waals surface area contributed by atoms with Gasteiger partial charge in [0.25, 0.3) is 0 Å². The molecule has 0 aromatic heterocycles. The van der Waals surface area contributed by atoms with Crippen molar-refractivity contribution in [3.8, 4) is 0 Å². The van der Waals surface area contributed by atoms with E-state index < -0.39 is 5.97 Å². The van der Waals surface area contributed by atoms with Crippen LogP contribution in [-0.4, -0.2) is 36.1 Å². The zero-order valence-electron chi connectivity index (χ0n) is 11.3. The standard InChI is InChI=1S/C13H24N2O3/c1-13(2,6-5-11(16)17)7-9-15-12(18)10-4-3-8-14-10/h10,14H,3-9H2,1-2H3,(H,15,18)(H,16,17). The van der Waals surface area contributed by atoms with Gasteiger partial charge in [0, 0.05) is 13.0 Å². The topological polar surface area (TPSA) is 78.4 Å². The Labute approximate surface area is 108 Å². The van der Waals surface area contributed by atoms with Gasteiger partial charge in [-0.3, -0.25) is 9.59 Å². The molecule has 0 spiro atoms. The Bertz CT molecular complexity index is 297. The van der Waals surface area contributed by atoms with Gasteiger partial charge in [0.1, 0.15) is 0 Å². The van der Waals surface area contributed by atoms with Crippen LogP contribution in [0.3, 0.4) is 0 Å². The predicted octanol–water partition coefficient (Wildman–Crippen LogP) is 1.14. The average Bonchev–Trinajstić information content (AvgIpc) is 2.79. The van der Waals surface area contributed by atoms with Crippen LogP contribution in [0, 0.1) is 5.41 Å². The largest absolute Gasteiger partial charge is 0.481 e. The molecule has 0 saturated carbocycles. The van der Waals surface area contributed by atoms with Gasteiger partial charge in [-0.15, -0.1) is 0 Å². The molecule has 1 aliphatic heterocycles. The van der Waals surface area contributed by atoms with Crippen LogP contribution in [0.15, 0.2) is 0 Å². The molecule has 1 rings (SSSR count). The smallest absolute Gasteiger partial charge is 0.303 e. The van der Waals surface area contributed by atoms with Crippen molar-refractivity contribution in [1.82, 2.24) is 10.6 Å². The molecule has 0 radical (unpaired) electrons. The third-order valence-corrected chi connectivity index (χ3v) is 3.49. The van der Waals surface area contributed by atoms with Crippen molar-refractivity contribution in [3.63, 3.8) is 0 Å². The first-order chi connectivity index (χ1) is 8.41. The summed E-state index contributed by atoms with van der Waals surface area (Å²) in [7, 11) is 0. The normalized spacial score (nSPS) is 19.8. The first-order valence-corrected chi connectivity index (χ1v) is 6.64. The van der Waals surface area contributed by atoms with E-state index in [-0.39, 0.29) is 23.8 Å². The summed E-state index contributed by atoms with van der Waals surface area (Å²) in [5.41, 5.74) is -0.0469. The molecule has 1 atom stereocenters. The molecular formula is C13H24N2O3. The van der Waals surface area contributed by atoms with E-state index in [1.807, 2.05) is 13.8 Å². The van der Waals surface area contributed by atoms with Gasteiger partial charge in [0.05, 0.1) is 6.04 Å². The lowest BCUT2D eigenvalue weighted by molar-refractivity contribution is -0.137. The highest BCUT2D eigenvalue weighted by atomic mass is 16.4. The molecule has 0 aromatic rings. The van der Waals surface area contributed by atoms with Crippen LogP contribution in [0.2, 0.25) is 0 Å². The highest BCUT2D eigenvalue weighted by molar-refractivity contribution is 5.81. The van der Waals surface area contributed by atoms with Crippen molar-refractivity contribution in [2.24, 2.45) is 5.41 Å². The molecule has 1 amide bonds. The van der Waals surface area contributed by atoms with Crippen molar-refractivity contribution in [2.75, 3.05) is 13.1 Å². The number of hydrogen-bond acceptors (Lipinski definition) is 3. The molecule has 5 nitrogen and oxygen atoms in total. The zero-order chi connectivity index (χ0) is 13.6. The number of amides is 1. The third kappa shape index (κ3) is 5.49. The van der Waals surface area contributed by atoms with Crippen molar-refractivity contribution >= 4 is 11.9 Å². The number of hydrogen-bond donors (Lipinski definition) is 3. The minimum atomic E-state index is -0.762. The van der Waals surface area contributed by atoms with Crippen LogP contribution in [0.5, 0.6) is 0 Å². The van der Waals surface area contributed by atoms with Gasteiger partial charge in [-0.1, -0.05) is 13.8 Å². The fourth-order valence-corrected chi connectivity index (χ4v) is 2.13. The summed E-state index contributed by atoms with van der Waals surface area (Å²) in [6.45, 7) is 5.61. The first kappa shape index (κ1) is 15.0. The second-order valence-corrected chi connectivity index (χ2v) is 5.75. The van der Waals surface area contributed by atoms with Crippen molar-refractivity contribution in [1.29, 1.82) is 0 Å². The fraction of sp³-hybridized carbons (Fsp3) is 0.846. The van der Waals surface area contributed by atoms with E-state index in [9.17, 15) is 9.59 Å². The van der Waals surface area contributed by atoms with Gasteiger partial charge in [0.15, 0.2) is 0 Å². The average molecular weight is 256 g/mol. The Morgan fingerprint density at radius 2 is 2.11 bits per heavy atom. The minimum Gasteiger partial charge on any atom is -0.481 e. The molecule has 1 heterocycles. The zero-order valence-corrected chi connectivity index (χ0v) is 11.3. The molecule has 0 aliphatic carbocycles. The van der Waals surface area contributed by atoms with E-state index >= 15 is 0 Å². The molecule has 1 fully saturated rings. The molecule has 5 heteroatoms. The van der Waals surface area contributed by atoms with Gasteiger partial charge in [-0.25, -0.2) is 0 Å². The summed E-state index contributed by atoms with van der Waals surface area (Å²) in [6, 6.07) is -0.0351. The summed E-state index contributed by atoms with van der Waals surface area (Å²) in [4.78, 5) is 22.3. The Kier molecular flexibility index (Phi) is 5.59. The van der Waals surface area contributed by atoms with Gasteiger partial charge < -0.3 is 15.7 Å². The van der Waals surface area contributed by atoms with Crippen LogP contribution >= 0.6 is 0 Å². The number of carbonyl (C=O) groups is 2. The maximum atomic E-state index is 11.7. The minimum absolute atomic E-state index is 0.0351. The van der Waals surface area contributed by atoms with Gasteiger partial charge >= 0.3 is 5.97 Å². The van der Waals surface area contributed by atoms with E-state index in [2.05, 4.69) is 10.6 Å². The van der Waals surface area contributed by atoms with Crippen LogP contribution in [0.25, 0.3) is 0 Å². The number of carboxylic acid groups (broad SMARTS) is 1. The SMILES string of the molecule is CC(C)(CCNC(=O)C1CCCN1)CCC(=O)O. The van der Waals surface area contributed by atoms with Crippen LogP contribution in [-0.2, 0) is 9.59 Å². The van der Waals surface area contributed by atoms with Crippen molar-refractivity contribution in [3.05, 3.63) is 0 Å². The molecule has 104 valence electrons.